The van der Waals surface area contributed by atoms with Crippen molar-refractivity contribution in [1.82, 2.24) is 4.90 Å². The molecule has 95 valence electrons. The number of anilines is 1. The molecule has 0 atom stereocenters. The van der Waals surface area contributed by atoms with Gasteiger partial charge in [-0.05, 0) is 24.5 Å². The molecule has 2 rings (SSSR count). The molecule has 1 aromatic carbocycles. The van der Waals surface area contributed by atoms with Crippen molar-refractivity contribution >= 4 is 17.3 Å². The summed E-state index contributed by atoms with van der Waals surface area (Å²) in [6.07, 6.45) is 3.18. The van der Waals surface area contributed by atoms with Crippen LogP contribution >= 0.6 is 0 Å². The van der Waals surface area contributed by atoms with Crippen LogP contribution in [0.3, 0.4) is 0 Å². The summed E-state index contributed by atoms with van der Waals surface area (Å²) >= 11 is 0. The Labute approximate surface area is 105 Å². The Hall–Kier alpha value is -2.11. The van der Waals surface area contributed by atoms with Crippen LogP contribution in [0.2, 0.25) is 0 Å². The van der Waals surface area contributed by atoms with Crippen LogP contribution in [0, 0.1) is 11.3 Å². The number of nitrogens with two attached hydrogens (primary N) is 2. The van der Waals surface area contributed by atoms with Gasteiger partial charge < -0.3 is 10.6 Å². The van der Waals surface area contributed by atoms with Crippen LogP contribution in [0.15, 0.2) is 18.2 Å². The lowest BCUT2D eigenvalue weighted by atomic mass is 10.1. The lowest BCUT2D eigenvalue weighted by molar-refractivity contribution is -0.473. The number of likely N-dealkylation sites (tertiary alicyclic amines) is 1. The number of hydrogen-bond donors (Lipinski definition) is 2. The van der Waals surface area contributed by atoms with Crippen LogP contribution in [-0.2, 0) is 11.2 Å². The third-order valence-electron chi connectivity index (χ3n) is 3.03. The van der Waals surface area contributed by atoms with E-state index in [2.05, 4.69) is 0 Å². The summed E-state index contributed by atoms with van der Waals surface area (Å²) in [6.45, 7) is 1.41. The van der Waals surface area contributed by atoms with E-state index in [1.54, 1.807) is 23.5 Å². The number of hydrazine groups is 1. The number of hydrogen-bond acceptors (Lipinski definition) is 3. The molecule has 6 nitrogen and oxygen atoms in total. The Bertz CT molecular complexity index is 487. The second-order valence-electron chi connectivity index (χ2n) is 4.29. The third kappa shape index (κ3) is 2.58. The summed E-state index contributed by atoms with van der Waals surface area (Å²) in [6, 6.07) is 5.15. The fourth-order valence-electron chi connectivity index (χ4n) is 2.00. The van der Waals surface area contributed by atoms with Gasteiger partial charge in [0, 0.05) is 19.2 Å². The number of nitroso groups, excluding NO2 is 1. The van der Waals surface area contributed by atoms with Gasteiger partial charge in [0.1, 0.15) is 5.69 Å². The SMILES string of the molecule is Nc1ccc(CCN2CC[CH]C2=O)cc1[N+](N)=O. The van der Waals surface area contributed by atoms with E-state index < -0.39 is 0 Å². The Kier molecular flexibility index (Phi) is 3.45. The second kappa shape index (κ2) is 5.03. The standard InChI is InChI=1S/C12H16N4O2/c13-10-4-3-9(8-11(10)16(14)18)5-7-15-6-1-2-12(15)17/h2-4,8H,1,5-7,13H2,(H2,14,18)/q+1. The predicted molar refractivity (Wildman–Crippen MR) is 67.5 cm³/mol. The molecule has 6 heteroatoms. The summed E-state index contributed by atoms with van der Waals surface area (Å²) in [5, 5.41) is 0. The van der Waals surface area contributed by atoms with Gasteiger partial charge in [-0.25, -0.2) is 0 Å². The monoisotopic (exact) mass is 248 g/mol. The molecule has 1 saturated heterocycles. The Balaban J connectivity index is 2.03. The van der Waals surface area contributed by atoms with E-state index >= 15 is 0 Å². The van der Waals surface area contributed by atoms with E-state index in [1.165, 1.54) is 0 Å². The van der Waals surface area contributed by atoms with E-state index in [0.717, 1.165) is 18.5 Å². The number of carbonyl (C=O) groups excluding carboxylic acids is 1. The molecule has 1 fully saturated rings. The van der Waals surface area contributed by atoms with Crippen molar-refractivity contribution in [3.63, 3.8) is 0 Å². The maximum Gasteiger partial charge on any atom is 0.314 e. The first-order chi connectivity index (χ1) is 8.58. The highest BCUT2D eigenvalue weighted by molar-refractivity contribution is 5.86. The summed E-state index contributed by atoms with van der Waals surface area (Å²) < 4.78 is 0. The summed E-state index contributed by atoms with van der Waals surface area (Å²) in [4.78, 5) is 24.5. The molecule has 0 spiro atoms. The Morgan fingerprint density at radius 2 is 2.17 bits per heavy atom. The van der Waals surface area contributed by atoms with E-state index in [1.807, 2.05) is 6.07 Å². The van der Waals surface area contributed by atoms with Gasteiger partial charge in [-0.15, -0.1) is 0 Å². The van der Waals surface area contributed by atoms with Crippen LogP contribution in [-0.4, -0.2) is 28.8 Å². The largest absolute Gasteiger partial charge is 0.393 e. The van der Waals surface area contributed by atoms with E-state index in [4.69, 9.17) is 11.6 Å². The zero-order valence-electron chi connectivity index (χ0n) is 10.0. The average molecular weight is 248 g/mol. The molecule has 1 aromatic rings. The van der Waals surface area contributed by atoms with Crippen molar-refractivity contribution in [2.24, 2.45) is 5.84 Å². The molecular formula is C12H16N4O2+. The molecule has 0 aliphatic carbocycles. The zero-order chi connectivity index (χ0) is 13.1. The first kappa shape index (κ1) is 12.3. The quantitative estimate of drug-likeness (QED) is 0.352. The van der Waals surface area contributed by atoms with Gasteiger partial charge in [0.15, 0.2) is 4.87 Å². The topological polar surface area (TPSA) is 92.4 Å². The van der Waals surface area contributed by atoms with Crippen molar-refractivity contribution in [3.05, 3.63) is 35.1 Å². The molecule has 4 N–H and O–H groups in total. The van der Waals surface area contributed by atoms with Gasteiger partial charge in [-0.2, -0.15) is 5.84 Å². The predicted octanol–water partition coefficient (Wildman–Crippen LogP) is 0.532. The van der Waals surface area contributed by atoms with Crippen molar-refractivity contribution in [2.75, 3.05) is 18.8 Å². The van der Waals surface area contributed by atoms with Crippen LogP contribution in [0.5, 0.6) is 0 Å². The average Bonchev–Trinajstić information content (AvgIpc) is 2.73. The van der Waals surface area contributed by atoms with Crippen LogP contribution in [0.4, 0.5) is 11.4 Å². The zero-order valence-corrected chi connectivity index (χ0v) is 10.0. The summed E-state index contributed by atoms with van der Waals surface area (Å²) in [7, 11) is 0. The number of amides is 1. The second-order valence-corrected chi connectivity index (χ2v) is 4.29. The molecular weight excluding hydrogens is 232 g/mol. The van der Waals surface area contributed by atoms with Gasteiger partial charge in [0.25, 0.3) is 0 Å². The summed E-state index contributed by atoms with van der Waals surface area (Å²) in [5.74, 6) is 5.23. The number of carbonyl (C=O) groups is 1. The summed E-state index contributed by atoms with van der Waals surface area (Å²) in [5.41, 5.74) is 7.18. The van der Waals surface area contributed by atoms with Crippen LogP contribution in [0.1, 0.15) is 12.0 Å². The number of nitrogen functional groups attached to an aromatic ring is 1. The number of benzene rings is 1. The lowest BCUT2D eigenvalue weighted by Gasteiger charge is -2.14. The molecule has 0 bridgehead atoms. The minimum atomic E-state index is 0.0787. The van der Waals surface area contributed by atoms with E-state index in [-0.39, 0.29) is 16.5 Å². The third-order valence-corrected chi connectivity index (χ3v) is 3.03. The first-order valence-corrected chi connectivity index (χ1v) is 5.80. The highest BCUT2D eigenvalue weighted by atomic mass is 16.3. The maximum absolute atomic E-state index is 11.4. The lowest BCUT2D eigenvalue weighted by Crippen LogP contribution is -2.27. The molecule has 1 radical (unpaired) electrons. The minimum absolute atomic E-state index is 0.0787. The van der Waals surface area contributed by atoms with Gasteiger partial charge in [-0.3, -0.25) is 4.79 Å². The van der Waals surface area contributed by atoms with E-state index in [0.29, 0.717) is 18.7 Å². The normalized spacial score (nSPS) is 15.1. The van der Waals surface area contributed by atoms with Crippen molar-refractivity contribution < 1.29 is 9.66 Å². The minimum Gasteiger partial charge on any atom is -0.393 e. The molecule has 18 heavy (non-hydrogen) atoms. The van der Waals surface area contributed by atoms with Crippen molar-refractivity contribution in [3.8, 4) is 0 Å². The molecule has 1 aliphatic heterocycles. The van der Waals surface area contributed by atoms with Crippen LogP contribution < -0.4 is 11.6 Å². The van der Waals surface area contributed by atoms with Crippen molar-refractivity contribution in [2.45, 2.75) is 12.8 Å². The molecule has 0 saturated carbocycles. The number of nitrogens with zero attached hydrogens (tertiary/aromatic N) is 2. The maximum atomic E-state index is 11.4. The highest BCUT2D eigenvalue weighted by Gasteiger charge is 2.20. The van der Waals surface area contributed by atoms with Crippen molar-refractivity contribution in [1.29, 1.82) is 0 Å². The van der Waals surface area contributed by atoms with Gasteiger partial charge in [0.2, 0.25) is 5.91 Å². The van der Waals surface area contributed by atoms with Crippen LogP contribution in [0.25, 0.3) is 0 Å². The molecule has 1 heterocycles. The van der Waals surface area contributed by atoms with E-state index in [9.17, 15) is 9.70 Å². The number of rotatable bonds is 4. The fourth-order valence-corrected chi connectivity index (χ4v) is 2.00. The van der Waals surface area contributed by atoms with Gasteiger partial charge >= 0.3 is 5.69 Å². The Morgan fingerprint density at radius 3 is 2.78 bits per heavy atom. The molecule has 0 unspecified atom stereocenters. The van der Waals surface area contributed by atoms with Gasteiger partial charge in [-0.1, -0.05) is 6.07 Å². The Morgan fingerprint density at radius 1 is 1.39 bits per heavy atom. The first-order valence-electron chi connectivity index (χ1n) is 5.80. The molecule has 1 amide bonds. The highest BCUT2D eigenvalue weighted by Crippen LogP contribution is 2.21. The molecule has 1 aliphatic rings. The smallest absolute Gasteiger partial charge is 0.314 e. The molecule has 0 aromatic heterocycles. The van der Waals surface area contributed by atoms with Gasteiger partial charge in [0.05, 0.1) is 11.3 Å². The fraction of sp³-hybridized carbons (Fsp3) is 0.333.